The monoisotopic (exact) mass is 284 g/mol. The second-order valence-electron chi connectivity index (χ2n) is 4.12. The van der Waals surface area contributed by atoms with Crippen LogP contribution in [0.15, 0.2) is 30.5 Å². The highest BCUT2D eigenvalue weighted by Crippen LogP contribution is 2.37. The Morgan fingerprint density at radius 1 is 1.35 bits per heavy atom. The number of carbonyl (C=O) groups is 1. The van der Waals surface area contributed by atoms with Crippen LogP contribution in [0.3, 0.4) is 0 Å². The van der Waals surface area contributed by atoms with Gasteiger partial charge in [0.1, 0.15) is 0 Å². The summed E-state index contributed by atoms with van der Waals surface area (Å²) in [6.45, 7) is 2.31. The SMILES string of the molecule is CCn1ccc(-c2cc(C(=O)O)ccc2C(F)(F)F)n1. The van der Waals surface area contributed by atoms with Gasteiger partial charge in [-0.25, -0.2) is 4.79 Å². The number of aromatic carboxylic acids is 1. The minimum Gasteiger partial charge on any atom is -0.478 e. The van der Waals surface area contributed by atoms with Gasteiger partial charge in [-0.1, -0.05) is 0 Å². The first kappa shape index (κ1) is 14.1. The largest absolute Gasteiger partial charge is 0.478 e. The number of carboxylic acid groups (broad SMARTS) is 1. The number of benzene rings is 1. The van der Waals surface area contributed by atoms with E-state index in [0.717, 1.165) is 18.2 Å². The maximum absolute atomic E-state index is 13.0. The molecule has 0 spiro atoms. The third kappa shape index (κ3) is 2.66. The lowest BCUT2D eigenvalue weighted by atomic mass is 10.0. The lowest BCUT2D eigenvalue weighted by molar-refractivity contribution is -0.137. The number of rotatable bonds is 3. The Hall–Kier alpha value is -2.31. The van der Waals surface area contributed by atoms with Crippen molar-refractivity contribution >= 4 is 5.97 Å². The highest BCUT2D eigenvalue weighted by molar-refractivity contribution is 5.89. The van der Waals surface area contributed by atoms with Crippen molar-refractivity contribution in [3.05, 3.63) is 41.6 Å². The summed E-state index contributed by atoms with van der Waals surface area (Å²) in [7, 11) is 0. The van der Waals surface area contributed by atoms with Crippen LogP contribution < -0.4 is 0 Å². The quantitative estimate of drug-likeness (QED) is 0.941. The molecule has 0 amide bonds. The van der Waals surface area contributed by atoms with Gasteiger partial charge in [-0.15, -0.1) is 0 Å². The van der Waals surface area contributed by atoms with Crippen molar-refractivity contribution in [1.29, 1.82) is 0 Å². The summed E-state index contributed by atoms with van der Waals surface area (Å²) in [6, 6.07) is 4.13. The van der Waals surface area contributed by atoms with E-state index in [1.807, 2.05) is 0 Å². The molecule has 0 saturated carbocycles. The van der Waals surface area contributed by atoms with Crippen LogP contribution in [-0.4, -0.2) is 20.9 Å². The first-order valence-electron chi connectivity index (χ1n) is 5.81. The lowest BCUT2D eigenvalue weighted by Crippen LogP contribution is -2.09. The van der Waals surface area contributed by atoms with Gasteiger partial charge in [0, 0.05) is 18.3 Å². The van der Waals surface area contributed by atoms with E-state index < -0.39 is 17.7 Å². The third-order valence-electron chi connectivity index (χ3n) is 2.81. The van der Waals surface area contributed by atoms with Crippen LogP contribution in [-0.2, 0) is 12.7 Å². The first-order valence-corrected chi connectivity index (χ1v) is 5.81. The highest BCUT2D eigenvalue weighted by atomic mass is 19.4. The molecule has 1 aromatic carbocycles. The molecule has 0 aliphatic heterocycles. The van der Waals surface area contributed by atoms with Crippen molar-refractivity contribution in [2.24, 2.45) is 0 Å². The van der Waals surface area contributed by atoms with Gasteiger partial charge in [0.25, 0.3) is 0 Å². The Morgan fingerprint density at radius 3 is 2.55 bits per heavy atom. The molecule has 0 aliphatic rings. The molecule has 1 heterocycles. The number of aryl methyl sites for hydroxylation is 1. The van der Waals surface area contributed by atoms with Crippen molar-refractivity contribution in [3.8, 4) is 11.3 Å². The van der Waals surface area contributed by atoms with Crippen molar-refractivity contribution in [3.63, 3.8) is 0 Å². The topological polar surface area (TPSA) is 55.1 Å². The van der Waals surface area contributed by atoms with Crippen LogP contribution in [0.1, 0.15) is 22.8 Å². The van der Waals surface area contributed by atoms with Crippen LogP contribution in [0.2, 0.25) is 0 Å². The molecule has 0 radical (unpaired) electrons. The molecule has 0 fully saturated rings. The van der Waals surface area contributed by atoms with E-state index in [2.05, 4.69) is 5.10 Å². The molecule has 7 heteroatoms. The Balaban J connectivity index is 2.63. The van der Waals surface area contributed by atoms with Gasteiger partial charge in [-0.05, 0) is 31.2 Å². The van der Waals surface area contributed by atoms with Crippen molar-refractivity contribution in [2.75, 3.05) is 0 Å². The molecule has 0 unspecified atom stereocenters. The predicted molar refractivity (Wildman–Crippen MR) is 65.3 cm³/mol. The van der Waals surface area contributed by atoms with Crippen LogP contribution in [0.4, 0.5) is 13.2 Å². The van der Waals surface area contributed by atoms with Gasteiger partial charge in [0.05, 0.1) is 16.8 Å². The summed E-state index contributed by atoms with van der Waals surface area (Å²) in [6.07, 6.45) is -3.02. The fourth-order valence-electron chi connectivity index (χ4n) is 1.82. The normalized spacial score (nSPS) is 11.6. The number of nitrogens with zero attached hydrogens (tertiary/aromatic N) is 2. The number of halogens is 3. The molecule has 0 aliphatic carbocycles. The second kappa shape index (κ2) is 4.99. The number of carboxylic acids is 1. The van der Waals surface area contributed by atoms with Gasteiger partial charge >= 0.3 is 12.1 Å². The van der Waals surface area contributed by atoms with E-state index in [4.69, 9.17) is 5.11 Å². The Kier molecular flexibility index (Phi) is 3.52. The van der Waals surface area contributed by atoms with Crippen LogP contribution >= 0.6 is 0 Å². The summed E-state index contributed by atoms with van der Waals surface area (Å²) in [5.74, 6) is -1.28. The van der Waals surface area contributed by atoms with E-state index in [1.165, 1.54) is 10.7 Å². The fraction of sp³-hybridized carbons (Fsp3) is 0.231. The van der Waals surface area contributed by atoms with Gasteiger partial charge in [-0.2, -0.15) is 18.3 Å². The average molecular weight is 284 g/mol. The summed E-state index contributed by atoms with van der Waals surface area (Å²) < 4.78 is 40.4. The lowest BCUT2D eigenvalue weighted by Gasteiger charge is -2.12. The summed E-state index contributed by atoms with van der Waals surface area (Å²) >= 11 is 0. The van der Waals surface area contributed by atoms with Crippen molar-refractivity contribution < 1.29 is 23.1 Å². The smallest absolute Gasteiger partial charge is 0.417 e. The molecule has 20 heavy (non-hydrogen) atoms. The number of aromatic nitrogens is 2. The number of hydrogen-bond donors (Lipinski definition) is 1. The van der Waals surface area contributed by atoms with E-state index in [-0.39, 0.29) is 16.8 Å². The molecule has 1 aromatic heterocycles. The maximum Gasteiger partial charge on any atom is 0.417 e. The average Bonchev–Trinajstić information content (AvgIpc) is 2.85. The summed E-state index contributed by atoms with van der Waals surface area (Å²) in [5.41, 5.74) is -1.24. The zero-order valence-electron chi connectivity index (χ0n) is 10.5. The molecule has 2 rings (SSSR count). The molecule has 1 N–H and O–H groups in total. The third-order valence-corrected chi connectivity index (χ3v) is 2.81. The van der Waals surface area contributed by atoms with Crippen LogP contribution in [0, 0.1) is 0 Å². The van der Waals surface area contributed by atoms with Crippen molar-refractivity contribution in [2.45, 2.75) is 19.6 Å². The molecule has 106 valence electrons. The predicted octanol–water partition coefficient (Wildman–Crippen LogP) is 3.29. The molecule has 0 saturated heterocycles. The molecular weight excluding hydrogens is 273 g/mol. The van der Waals surface area contributed by atoms with E-state index in [9.17, 15) is 18.0 Å². The molecular formula is C13H11F3N2O2. The van der Waals surface area contributed by atoms with E-state index in [1.54, 1.807) is 13.1 Å². The minimum absolute atomic E-state index is 0.0993. The molecule has 2 aromatic rings. The molecule has 0 bridgehead atoms. The van der Waals surface area contributed by atoms with Gasteiger partial charge in [0.2, 0.25) is 0 Å². The summed E-state index contributed by atoms with van der Waals surface area (Å²) in [4.78, 5) is 10.9. The maximum atomic E-state index is 13.0. The Labute approximate surface area is 112 Å². The molecule has 0 atom stereocenters. The summed E-state index contributed by atoms with van der Waals surface area (Å²) in [5, 5.41) is 12.9. The van der Waals surface area contributed by atoms with E-state index in [0.29, 0.717) is 6.54 Å². The molecule has 4 nitrogen and oxygen atoms in total. The standard InChI is InChI=1S/C13H11F3N2O2/c1-2-18-6-5-11(17-18)9-7-8(12(19)20)3-4-10(9)13(14,15)16/h3-7H,2H2,1H3,(H,19,20). The second-order valence-corrected chi connectivity index (χ2v) is 4.12. The van der Waals surface area contributed by atoms with Gasteiger partial charge in [0.15, 0.2) is 0 Å². The van der Waals surface area contributed by atoms with Gasteiger partial charge in [-0.3, -0.25) is 4.68 Å². The van der Waals surface area contributed by atoms with Crippen LogP contribution in [0.25, 0.3) is 11.3 Å². The number of hydrogen-bond acceptors (Lipinski definition) is 2. The highest BCUT2D eigenvalue weighted by Gasteiger charge is 2.34. The minimum atomic E-state index is -4.57. The van der Waals surface area contributed by atoms with E-state index >= 15 is 0 Å². The number of alkyl halides is 3. The first-order chi connectivity index (χ1) is 9.32. The fourth-order valence-corrected chi connectivity index (χ4v) is 1.82. The zero-order valence-corrected chi connectivity index (χ0v) is 10.5. The Morgan fingerprint density at radius 2 is 2.05 bits per heavy atom. The Bertz CT molecular complexity index is 647. The van der Waals surface area contributed by atoms with Gasteiger partial charge < -0.3 is 5.11 Å². The van der Waals surface area contributed by atoms with Crippen molar-refractivity contribution in [1.82, 2.24) is 9.78 Å². The zero-order chi connectivity index (χ0) is 14.9. The van der Waals surface area contributed by atoms with Crippen LogP contribution in [0.5, 0.6) is 0 Å².